The number of fused-ring (bicyclic) bond motifs is 2. The van der Waals surface area contributed by atoms with Crippen LogP contribution in [-0.4, -0.2) is 27.0 Å². The zero-order valence-corrected chi connectivity index (χ0v) is 16.9. The van der Waals surface area contributed by atoms with Crippen LogP contribution in [0.15, 0.2) is 48.5 Å². The Balaban J connectivity index is 1.79. The van der Waals surface area contributed by atoms with Crippen molar-refractivity contribution < 1.29 is 9.18 Å². The Morgan fingerprint density at radius 2 is 1.80 bits per heavy atom. The van der Waals surface area contributed by atoms with E-state index in [-0.39, 0.29) is 11.7 Å². The second-order valence-corrected chi connectivity index (χ2v) is 7.25. The van der Waals surface area contributed by atoms with Crippen molar-refractivity contribution in [3.8, 4) is 0 Å². The van der Waals surface area contributed by atoms with Gasteiger partial charge in [-0.1, -0.05) is 43.7 Å². The Labute approximate surface area is 173 Å². The van der Waals surface area contributed by atoms with Crippen molar-refractivity contribution in [3.63, 3.8) is 0 Å². The lowest BCUT2D eigenvalue weighted by Crippen LogP contribution is -2.25. The fourth-order valence-electron chi connectivity index (χ4n) is 3.57. The largest absolute Gasteiger partial charge is 0.384 e. The summed E-state index contributed by atoms with van der Waals surface area (Å²) in [6.07, 6.45) is 2.28. The van der Waals surface area contributed by atoms with Gasteiger partial charge in [0.1, 0.15) is 22.7 Å². The predicted molar refractivity (Wildman–Crippen MR) is 117 cm³/mol. The third kappa shape index (κ3) is 3.70. The van der Waals surface area contributed by atoms with Gasteiger partial charge in [-0.2, -0.15) is 0 Å². The first-order valence-electron chi connectivity index (χ1n) is 10.2. The third-order valence-electron chi connectivity index (χ3n) is 5.20. The molecule has 4 rings (SSSR count). The maximum Gasteiger partial charge on any atom is 0.257 e. The Hall–Kier alpha value is -3.48. The van der Waals surface area contributed by atoms with Crippen molar-refractivity contribution in [3.05, 3.63) is 65.5 Å². The van der Waals surface area contributed by atoms with Gasteiger partial charge in [-0.15, -0.1) is 0 Å². The van der Waals surface area contributed by atoms with E-state index in [9.17, 15) is 9.18 Å². The molecule has 2 heterocycles. The topological polar surface area (TPSA) is 85.8 Å². The van der Waals surface area contributed by atoms with E-state index in [1.807, 2.05) is 24.3 Å². The van der Waals surface area contributed by atoms with E-state index in [1.54, 1.807) is 22.8 Å². The smallest absolute Gasteiger partial charge is 0.257 e. The molecule has 30 heavy (non-hydrogen) atoms. The highest BCUT2D eigenvalue weighted by molar-refractivity contribution is 6.10. The molecule has 154 valence electrons. The first kappa shape index (κ1) is 19.8. The molecule has 7 heteroatoms. The number of nitrogens with zero attached hydrogens (tertiary/aromatic N) is 3. The monoisotopic (exact) mass is 405 g/mol. The van der Waals surface area contributed by atoms with Crippen molar-refractivity contribution in [2.75, 3.05) is 12.3 Å². The van der Waals surface area contributed by atoms with Crippen LogP contribution >= 0.6 is 0 Å². The van der Waals surface area contributed by atoms with Gasteiger partial charge in [0.15, 0.2) is 5.65 Å². The molecule has 0 saturated heterocycles. The molecule has 0 aliphatic rings. The average molecular weight is 405 g/mol. The first-order valence-corrected chi connectivity index (χ1v) is 10.2. The summed E-state index contributed by atoms with van der Waals surface area (Å²) in [6, 6.07) is 14.1. The molecule has 0 aliphatic carbocycles. The standard InChI is InChI=1S/C23H24FN5O/c1-2-3-13-26-23(30)19-20-22(28-18-11-7-6-10-17(18)27-20)29(21(19)25)14-12-15-8-4-5-9-16(15)24/h4-11H,2-3,12-14,25H2,1H3,(H,26,30). The Morgan fingerprint density at radius 3 is 2.53 bits per heavy atom. The van der Waals surface area contributed by atoms with Gasteiger partial charge in [0, 0.05) is 13.1 Å². The summed E-state index contributed by atoms with van der Waals surface area (Å²) in [5.41, 5.74) is 9.73. The zero-order valence-electron chi connectivity index (χ0n) is 16.9. The van der Waals surface area contributed by atoms with Crippen molar-refractivity contribution in [2.45, 2.75) is 32.7 Å². The van der Waals surface area contributed by atoms with E-state index < -0.39 is 0 Å². The third-order valence-corrected chi connectivity index (χ3v) is 5.20. The maximum absolute atomic E-state index is 14.1. The molecule has 4 aromatic rings. The van der Waals surface area contributed by atoms with E-state index in [2.05, 4.69) is 17.2 Å². The summed E-state index contributed by atoms with van der Waals surface area (Å²) < 4.78 is 15.8. The maximum atomic E-state index is 14.1. The number of amides is 1. The molecule has 6 nitrogen and oxygen atoms in total. The van der Waals surface area contributed by atoms with Crippen LogP contribution in [0.5, 0.6) is 0 Å². The van der Waals surface area contributed by atoms with Crippen molar-refractivity contribution in [1.29, 1.82) is 0 Å². The molecule has 0 unspecified atom stereocenters. The summed E-state index contributed by atoms with van der Waals surface area (Å²) in [5, 5.41) is 2.92. The number of hydrogen-bond acceptors (Lipinski definition) is 4. The van der Waals surface area contributed by atoms with Crippen LogP contribution in [0.1, 0.15) is 35.7 Å². The number of anilines is 1. The SMILES string of the molecule is CCCCNC(=O)c1c(N)n(CCc2ccccc2F)c2nc3ccccc3nc12. The molecule has 0 aliphatic heterocycles. The molecule has 0 radical (unpaired) electrons. The van der Waals surface area contributed by atoms with Crippen LogP contribution in [0, 0.1) is 5.82 Å². The van der Waals surface area contributed by atoms with E-state index in [1.165, 1.54) is 6.07 Å². The Bertz CT molecular complexity index is 1220. The molecular formula is C23H24FN5O. The summed E-state index contributed by atoms with van der Waals surface area (Å²) in [5.74, 6) is -0.229. The number of benzene rings is 2. The number of carbonyl (C=O) groups is 1. The van der Waals surface area contributed by atoms with E-state index in [4.69, 9.17) is 10.7 Å². The quantitative estimate of drug-likeness (QED) is 0.454. The first-order chi connectivity index (χ1) is 14.6. The normalized spacial score (nSPS) is 11.3. The van der Waals surface area contributed by atoms with Gasteiger partial charge in [0.05, 0.1) is 11.0 Å². The molecule has 2 aromatic carbocycles. The summed E-state index contributed by atoms with van der Waals surface area (Å²) >= 11 is 0. The minimum atomic E-state index is -0.264. The van der Waals surface area contributed by atoms with Gasteiger partial charge in [-0.3, -0.25) is 4.79 Å². The van der Waals surface area contributed by atoms with Crippen LogP contribution in [-0.2, 0) is 13.0 Å². The van der Waals surface area contributed by atoms with Gasteiger partial charge in [-0.25, -0.2) is 14.4 Å². The van der Waals surface area contributed by atoms with Gasteiger partial charge < -0.3 is 15.6 Å². The van der Waals surface area contributed by atoms with Gasteiger partial charge in [0.2, 0.25) is 0 Å². The highest BCUT2D eigenvalue weighted by Crippen LogP contribution is 2.28. The highest BCUT2D eigenvalue weighted by Gasteiger charge is 2.23. The number of carbonyl (C=O) groups excluding carboxylic acids is 1. The van der Waals surface area contributed by atoms with E-state index >= 15 is 0 Å². The molecule has 0 spiro atoms. The molecular weight excluding hydrogens is 381 g/mol. The van der Waals surface area contributed by atoms with Crippen LogP contribution in [0.4, 0.5) is 10.2 Å². The second-order valence-electron chi connectivity index (χ2n) is 7.25. The fourth-order valence-corrected chi connectivity index (χ4v) is 3.57. The van der Waals surface area contributed by atoms with Crippen LogP contribution in [0.25, 0.3) is 22.2 Å². The van der Waals surface area contributed by atoms with Crippen molar-refractivity contribution in [1.82, 2.24) is 19.9 Å². The lowest BCUT2D eigenvalue weighted by Gasteiger charge is -2.09. The number of nitrogens with one attached hydrogen (secondary N) is 1. The fraction of sp³-hybridized carbons (Fsp3) is 0.261. The lowest BCUT2D eigenvalue weighted by atomic mass is 10.1. The molecule has 0 atom stereocenters. The number of aromatic nitrogens is 3. The van der Waals surface area contributed by atoms with Crippen molar-refractivity contribution >= 4 is 33.9 Å². The van der Waals surface area contributed by atoms with Gasteiger partial charge in [0.25, 0.3) is 5.91 Å². The van der Waals surface area contributed by atoms with Crippen LogP contribution in [0.3, 0.4) is 0 Å². The summed E-state index contributed by atoms with van der Waals surface area (Å²) in [6.45, 7) is 3.02. The number of para-hydroxylation sites is 2. The van der Waals surface area contributed by atoms with E-state index in [0.717, 1.165) is 12.8 Å². The molecule has 1 amide bonds. The van der Waals surface area contributed by atoms with E-state index in [0.29, 0.717) is 58.7 Å². The number of nitrogen functional groups attached to an aromatic ring is 1. The minimum Gasteiger partial charge on any atom is -0.384 e. The van der Waals surface area contributed by atoms with Crippen LogP contribution in [0.2, 0.25) is 0 Å². The molecule has 0 saturated carbocycles. The zero-order chi connectivity index (χ0) is 21.1. The number of nitrogens with two attached hydrogens (primary N) is 1. The van der Waals surface area contributed by atoms with Crippen LogP contribution < -0.4 is 11.1 Å². The van der Waals surface area contributed by atoms with Crippen molar-refractivity contribution in [2.24, 2.45) is 0 Å². The molecule has 2 aromatic heterocycles. The molecule has 0 bridgehead atoms. The minimum absolute atomic E-state index is 0.262. The predicted octanol–water partition coefficient (Wildman–Crippen LogP) is 4.08. The number of aryl methyl sites for hydroxylation is 2. The summed E-state index contributed by atoms with van der Waals surface area (Å²) in [4.78, 5) is 22.3. The highest BCUT2D eigenvalue weighted by atomic mass is 19.1. The summed E-state index contributed by atoms with van der Waals surface area (Å²) in [7, 11) is 0. The number of hydrogen-bond donors (Lipinski definition) is 2. The average Bonchev–Trinajstić information content (AvgIpc) is 3.02. The van der Waals surface area contributed by atoms with Gasteiger partial charge in [-0.05, 0) is 36.6 Å². The molecule has 0 fully saturated rings. The Morgan fingerprint density at radius 1 is 1.10 bits per heavy atom. The Kier molecular flexibility index (Phi) is 5.61. The number of unbranched alkanes of at least 4 members (excludes halogenated alkanes) is 1. The lowest BCUT2D eigenvalue weighted by molar-refractivity contribution is 0.0955. The number of halogens is 1. The van der Waals surface area contributed by atoms with Gasteiger partial charge >= 0.3 is 0 Å². The molecule has 3 N–H and O–H groups in total. The number of rotatable bonds is 7. The second kappa shape index (κ2) is 8.49.